The highest BCUT2D eigenvalue weighted by Crippen LogP contribution is 2.26. The summed E-state index contributed by atoms with van der Waals surface area (Å²) >= 11 is 3.34. The molecule has 0 amide bonds. The molecule has 0 aliphatic heterocycles. The van der Waals surface area contributed by atoms with Crippen LogP contribution in [-0.2, 0) is 0 Å². The van der Waals surface area contributed by atoms with Gasteiger partial charge in [-0.3, -0.25) is 4.98 Å². The van der Waals surface area contributed by atoms with Gasteiger partial charge in [0.05, 0.1) is 11.9 Å². The van der Waals surface area contributed by atoms with E-state index in [0.717, 1.165) is 4.47 Å². The topological polar surface area (TPSA) is 57.8 Å². The van der Waals surface area contributed by atoms with Gasteiger partial charge in [-0.05, 0) is 18.2 Å². The van der Waals surface area contributed by atoms with Crippen molar-refractivity contribution in [3.8, 4) is 5.75 Å². The van der Waals surface area contributed by atoms with E-state index < -0.39 is 0 Å². The molecule has 0 aliphatic carbocycles. The van der Waals surface area contributed by atoms with Gasteiger partial charge in [-0.1, -0.05) is 22.0 Å². The molecule has 1 aromatic heterocycles. The van der Waals surface area contributed by atoms with Crippen LogP contribution in [0.5, 0.6) is 5.75 Å². The number of rotatable bonds is 2. The number of halogens is 1. The van der Waals surface area contributed by atoms with Crippen LogP contribution < -0.4 is 0 Å². The first-order chi connectivity index (χ1) is 7.75. The first kappa shape index (κ1) is 10.8. The van der Waals surface area contributed by atoms with Crippen LogP contribution >= 0.6 is 15.9 Å². The average Bonchev–Trinajstić information content (AvgIpc) is 2.28. The molecule has 0 saturated heterocycles. The first-order valence-electron chi connectivity index (χ1n) is 4.56. The van der Waals surface area contributed by atoms with Gasteiger partial charge in [0.2, 0.25) is 0 Å². The van der Waals surface area contributed by atoms with Crippen molar-refractivity contribution in [2.75, 3.05) is 0 Å². The third-order valence-electron chi connectivity index (χ3n) is 1.86. The number of benzene rings is 1. The highest BCUT2D eigenvalue weighted by molar-refractivity contribution is 9.10. The summed E-state index contributed by atoms with van der Waals surface area (Å²) in [5.41, 5.74) is 1.06. The summed E-state index contributed by atoms with van der Waals surface area (Å²) in [6, 6.07) is 8.88. The van der Waals surface area contributed by atoms with Crippen molar-refractivity contribution in [1.82, 2.24) is 4.98 Å². The zero-order valence-corrected chi connectivity index (χ0v) is 9.79. The van der Waals surface area contributed by atoms with Crippen molar-refractivity contribution < 1.29 is 5.11 Å². The van der Waals surface area contributed by atoms with Gasteiger partial charge in [0.15, 0.2) is 0 Å². The molecule has 0 spiro atoms. The van der Waals surface area contributed by atoms with Gasteiger partial charge in [0.25, 0.3) is 0 Å². The Morgan fingerprint density at radius 2 is 2.06 bits per heavy atom. The smallest absolute Gasteiger partial charge is 0.146 e. The van der Waals surface area contributed by atoms with Crippen LogP contribution in [0.25, 0.3) is 0 Å². The maximum absolute atomic E-state index is 9.44. The molecule has 0 unspecified atom stereocenters. The summed E-state index contributed by atoms with van der Waals surface area (Å²) in [6.45, 7) is 0. The summed E-state index contributed by atoms with van der Waals surface area (Å²) in [7, 11) is 0. The molecule has 80 valence electrons. The monoisotopic (exact) mass is 277 g/mol. The lowest BCUT2D eigenvalue weighted by atomic mass is 10.3. The van der Waals surface area contributed by atoms with Crippen molar-refractivity contribution in [1.29, 1.82) is 0 Å². The molecule has 4 nitrogen and oxygen atoms in total. The van der Waals surface area contributed by atoms with Crippen molar-refractivity contribution in [2.24, 2.45) is 10.2 Å². The lowest BCUT2D eigenvalue weighted by Crippen LogP contribution is -1.70. The molecule has 1 aromatic carbocycles. The van der Waals surface area contributed by atoms with Crippen molar-refractivity contribution in [3.05, 3.63) is 47.2 Å². The van der Waals surface area contributed by atoms with Gasteiger partial charge >= 0.3 is 0 Å². The van der Waals surface area contributed by atoms with E-state index in [1.165, 1.54) is 18.5 Å². The van der Waals surface area contributed by atoms with Gasteiger partial charge in [-0.2, -0.15) is 5.11 Å². The standard InChI is InChI=1S/C11H8BrN3O/c12-8-2-1-3-9(6-8)14-15-10-7-13-5-4-11(10)16/h1-7H,(H,13,16)/b15-14+. The van der Waals surface area contributed by atoms with E-state index in [4.69, 9.17) is 0 Å². The van der Waals surface area contributed by atoms with Crippen LogP contribution in [0.15, 0.2) is 57.4 Å². The number of aromatic hydroxyl groups is 1. The number of azo groups is 1. The predicted molar refractivity (Wildman–Crippen MR) is 64.2 cm³/mol. The largest absolute Gasteiger partial charge is 0.505 e. The Morgan fingerprint density at radius 1 is 1.19 bits per heavy atom. The highest BCUT2D eigenvalue weighted by atomic mass is 79.9. The van der Waals surface area contributed by atoms with E-state index in [-0.39, 0.29) is 5.75 Å². The molecule has 1 heterocycles. The second-order valence-electron chi connectivity index (χ2n) is 3.04. The Bertz CT molecular complexity index is 528. The number of hydrogen-bond acceptors (Lipinski definition) is 4. The molecular weight excluding hydrogens is 270 g/mol. The molecule has 0 atom stereocenters. The van der Waals surface area contributed by atoms with Crippen LogP contribution in [-0.4, -0.2) is 10.1 Å². The lowest BCUT2D eigenvalue weighted by molar-refractivity contribution is 0.475. The Labute approximate surface area is 101 Å². The van der Waals surface area contributed by atoms with Crippen LogP contribution in [0.1, 0.15) is 0 Å². The molecule has 0 saturated carbocycles. The average molecular weight is 278 g/mol. The molecular formula is C11H8BrN3O. The molecule has 5 heteroatoms. The molecule has 0 bridgehead atoms. The summed E-state index contributed by atoms with van der Waals surface area (Å²) in [6.07, 6.45) is 2.95. The van der Waals surface area contributed by atoms with Crippen molar-refractivity contribution in [2.45, 2.75) is 0 Å². The van der Waals surface area contributed by atoms with Crippen LogP contribution in [0.2, 0.25) is 0 Å². The summed E-state index contributed by atoms with van der Waals surface area (Å²) in [5.74, 6) is 0.0637. The van der Waals surface area contributed by atoms with E-state index in [9.17, 15) is 5.11 Å². The van der Waals surface area contributed by atoms with Crippen molar-refractivity contribution >= 4 is 27.3 Å². The quantitative estimate of drug-likeness (QED) is 0.845. The van der Waals surface area contributed by atoms with Crippen LogP contribution in [0.4, 0.5) is 11.4 Å². The Balaban J connectivity index is 2.25. The second kappa shape index (κ2) is 4.85. The Hall–Kier alpha value is -1.75. The third-order valence-corrected chi connectivity index (χ3v) is 2.35. The fourth-order valence-electron chi connectivity index (χ4n) is 1.11. The highest BCUT2D eigenvalue weighted by Gasteiger charge is 1.97. The van der Waals surface area contributed by atoms with Gasteiger partial charge < -0.3 is 5.11 Å². The Morgan fingerprint density at radius 3 is 2.81 bits per heavy atom. The van der Waals surface area contributed by atoms with E-state index in [1.807, 2.05) is 24.3 Å². The van der Waals surface area contributed by atoms with Crippen molar-refractivity contribution in [3.63, 3.8) is 0 Å². The fourth-order valence-corrected chi connectivity index (χ4v) is 1.49. The molecule has 0 radical (unpaired) electrons. The SMILES string of the molecule is Oc1ccncc1/N=N/c1cccc(Br)c1. The summed E-state index contributed by atoms with van der Waals surface area (Å²) < 4.78 is 0.930. The zero-order chi connectivity index (χ0) is 11.4. The maximum Gasteiger partial charge on any atom is 0.146 e. The molecule has 2 rings (SSSR count). The lowest BCUT2D eigenvalue weighted by Gasteiger charge is -1.96. The molecule has 16 heavy (non-hydrogen) atoms. The van der Waals surface area contributed by atoms with Gasteiger partial charge in [-0.15, -0.1) is 5.11 Å². The molecule has 2 aromatic rings. The molecule has 0 aliphatic rings. The predicted octanol–water partition coefficient (Wildman–Crippen LogP) is 3.97. The van der Waals surface area contributed by atoms with E-state index in [0.29, 0.717) is 11.4 Å². The maximum atomic E-state index is 9.44. The van der Waals surface area contributed by atoms with Gasteiger partial charge in [0.1, 0.15) is 11.4 Å². The van der Waals surface area contributed by atoms with Crippen LogP contribution in [0.3, 0.4) is 0 Å². The number of pyridine rings is 1. The van der Waals surface area contributed by atoms with E-state index in [2.05, 4.69) is 31.1 Å². The minimum absolute atomic E-state index is 0.0637. The minimum atomic E-state index is 0.0637. The normalized spacial score (nSPS) is 10.8. The van der Waals surface area contributed by atoms with Crippen LogP contribution in [0, 0.1) is 0 Å². The first-order valence-corrected chi connectivity index (χ1v) is 5.35. The third kappa shape index (κ3) is 2.64. The van der Waals surface area contributed by atoms with E-state index >= 15 is 0 Å². The van der Waals surface area contributed by atoms with Gasteiger partial charge in [-0.25, -0.2) is 0 Å². The fraction of sp³-hybridized carbons (Fsp3) is 0. The second-order valence-corrected chi connectivity index (χ2v) is 3.96. The van der Waals surface area contributed by atoms with Gasteiger partial charge in [0, 0.05) is 16.7 Å². The number of hydrogen-bond donors (Lipinski definition) is 1. The minimum Gasteiger partial charge on any atom is -0.505 e. The molecule has 0 fully saturated rings. The zero-order valence-electron chi connectivity index (χ0n) is 8.21. The Kier molecular flexibility index (Phi) is 3.26. The molecule has 1 N–H and O–H groups in total. The summed E-state index contributed by atoms with van der Waals surface area (Å²) in [5, 5.41) is 17.3. The summed E-state index contributed by atoms with van der Waals surface area (Å²) in [4.78, 5) is 3.85. The van der Waals surface area contributed by atoms with E-state index in [1.54, 1.807) is 0 Å². The number of nitrogens with zero attached hydrogens (tertiary/aromatic N) is 3. The number of aromatic nitrogens is 1.